The van der Waals surface area contributed by atoms with Gasteiger partial charge in [-0.25, -0.2) is 0 Å². The van der Waals surface area contributed by atoms with Crippen molar-refractivity contribution in [1.82, 2.24) is 0 Å². The monoisotopic (exact) mass is 275 g/mol. The minimum Gasteiger partial charge on any atom is -0.460 e. The van der Waals surface area contributed by atoms with Crippen LogP contribution in [0.15, 0.2) is 30.3 Å². The molecule has 1 rings (SSSR count). The van der Waals surface area contributed by atoms with E-state index in [4.69, 9.17) is 10.00 Å². The van der Waals surface area contributed by atoms with E-state index in [0.717, 1.165) is 5.56 Å². The number of carbonyl (C=O) groups excluding carboxylic acids is 1. The topological polar surface area (TPSA) is 70.3 Å². The van der Waals surface area contributed by atoms with Crippen molar-refractivity contribution in [1.29, 1.82) is 5.26 Å². The highest BCUT2D eigenvalue weighted by molar-refractivity contribution is 5.70. The molecule has 0 aliphatic carbocycles. The quantitative estimate of drug-likeness (QED) is 0.662. The number of ether oxygens (including phenoxy) is 1. The van der Waals surface area contributed by atoms with Crippen molar-refractivity contribution in [3.05, 3.63) is 35.9 Å². The highest BCUT2D eigenvalue weighted by Crippen LogP contribution is 2.19. The highest BCUT2D eigenvalue weighted by Gasteiger charge is 2.25. The molecule has 0 fully saturated rings. The molecule has 1 unspecified atom stereocenters. The van der Waals surface area contributed by atoms with Gasteiger partial charge in [-0.2, -0.15) is 5.26 Å². The molecule has 1 aromatic rings. The van der Waals surface area contributed by atoms with Crippen molar-refractivity contribution in [3.8, 4) is 6.07 Å². The first-order valence-electron chi connectivity index (χ1n) is 6.65. The molecule has 0 radical (unpaired) electrons. The van der Waals surface area contributed by atoms with Crippen LogP contribution in [0.2, 0.25) is 0 Å². The average molecular weight is 275 g/mol. The molecular weight excluding hydrogens is 254 g/mol. The van der Waals surface area contributed by atoms with Crippen molar-refractivity contribution < 1.29 is 14.6 Å². The summed E-state index contributed by atoms with van der Waals surface area (Å²) in [6.07, 6.45) is -0.682. The van der Waals surface area contributed by atoms with Gasteiger partial charge in [0.1, 0.15) is 11.7 Å². The third-order valence-electron chi connectivity index (χ3n) is 2.77. The van der Waals surface area contributed by atoms with Gasteiger partial charge in [-0.15, -0.1) is 0 Å². The lowest BCUT2D eigenvalue weighted by molar-refractivity contribution is -0.156. The summed E-state index contributed by atoms with van der Waals surface area (Å²) >= 11 is 0. The zero-order valence-corrected chi connectivity index (χ0v) is 12.2. The van der Waals surface area contributed by atoms with Crippen LogP contribution in [0, 0.1) is 17.2 Å². The van der Waals surface area contributed by atoms with Crippen LogP contribution in [0.1, 0.15) is 32.8 Å². The smallest absolute Gasteiger partial charge is 0.306 e. The van der Waals surface area contributed by atoms with Crippen LogP contribution in [0.4, 0.5) is 0 Å². The maximum absolute atomic E-state index is 11.8. The van der Waals surface area contributed by atoms with Gasteiger partial charge < -0.3 is 9.84 Å². The molecule has 0 aromatic heterocycles. The zero-order valence-electron chi connectivity index (χ0n) is 12.2. The fraction of sp³-hybridized carbons (Fsp3) is 0.500. The standard InChI is InChI=1S/C16H21NO3/c1-16(2,3)20-15(19)10-13(14(18)11-17)9-12-7-5-4-6-8-12/h4-8,13-14,18H,9-10H2,1-3H3/t13-,14?/m1/s1. The Hall–Kier alpha value is -1.86. The molecule has 0 saturated heterocycles. The van der Waals surface area contributed by atoms with Gasteiger partial charge >= 0.3 is 5.97 Å². The van der Waals surface area contributed by atoms with Crippen LogP contribution < -0.4 is 0 Å². The number of benzene rings is 1. The fourth-order valence-electron chi connectivity index (χ4n) is 1.91. The van der Waals surface area contributed by atoms with Crippen LogP contribution >= 0.6 is 0 Å². The Morgan fingerprint density at radius 2 is 1.95 bits per heavy atom. The molecule has 108 valence electrons. The van der Waals surface area contributed by atoms with Gasteiger partial charge in [0, 0.05) is 5.92 Å². The molecule has 1 N–H and O–H groups in total. The fourth-order valence-corrected chi connectivity index (χ4v) is 1.91. The molecule has 20 heavy (non-hydrogen) atoms. The molecule has 1 aromatic carbocycles. The van der Waals surface area contributed by atoms with Gasteiger partial charge in [-0.05, 0) is 32.8 Å². The molecular formula is C16H21NO3. The van der Waals surface area contributed by atoms with E-state index in [9.17, 15) is 9.90 Å². The largest absolute Gasteiger partial charge is 0.460 e. The minimum atomic E-state index is -1.18. The van der Waals surface area contributed by atoms with E-state index in [1.807, 2.05) is 30.3 Å². The van der Waals surface area contributed by atoms with Crippen LogP contribution in [-0.4, -0.2) is 22.8 Å². The molecule has 0 bridgehead atoms. The second kappa shape index (κ2) is 7.06. The van der Waals surface area contributed by atoms with Crippen LogP contribution in [0.3, 0.4) is 0 Å². The number of nitriles is 1. The van der Waals surface area contributed by atoms with E-state index in [1.165, 1.54) is 0 Å². The summed E-state index contributed by atoms with van der Waals surface area (Å²) in [7, 11) is 0. The summed E-state index contributed by atoms with van der Waals surface area (Å²) in [4.78, 5) is 11.8. The van der Waals surface area contributed by atoms with E-state index >= 15 is 0 Å². The zero-order chi connectivity index (χ0) is 15.2. The maximum atomic E-state index is 11.8. The van der Waals surface area contributed by atoms with Crippen LogP contribution in [-0.2, 0) is 16.0 Å². The van der Waals surface area contributed by atoms with Crippen molar-refractivity contribution in [2.45, 2.75) is 45.3 Å². The summed E-state index contributed by atoms with van der Waals surface area (Å²) < 4.78 is 5.24. The van der Waals surface area contributed by atoms with E-state index in [-0.39, 0.29) is 6.42 Å². The first-order valence-corrected chi connectivity index (χ1v) is 6.65. The first-order chi connectivity index (χ1) is 9.31. The number of carbonyl (C=O) groups is 1. The number of aliphatic hydroxyl groups excluding tert-OH is 1. The van der Waals surface area contributed by atoms with Gasteiger partial charge in [0.2, 0.25) is 0 Å². The predicted octanol–water partition coefficient (Wildman–Crippen LogP) is 2.46. The Morgan fingerprint density at radius 3 is 2.45 bits per heavy atom. The Kier molecular flexibility index (Phi) is 5.72. The summed E-state index contributed by atoms with van der Waals surface area (Å²) in [6, 6.07) is 11.3. The Balaban J connectivity index is 2.71. The highest BCUT2D eigenvalue weighted by atomic mass is 16.6. The number of aliphatic hydroxyl groups is 1. The molecule has 0 spiro atoms. The normalized spacial score (nSPS) is 14.2. The van der Waals surface area contributed by atoms with Crippen LogP contribution in [0.5, 0.6) is 0 Å². The van der Waals surface area contributed by atoms with Crippen molar-refractivity contribution >= 4 is 5.97 Å². The van der Waals surface area contributed by atoms with Gasteiger partial charge in [0.25, 0.3) is 0 Å². The third kappa shape index (κ3) is 5.85. The predicted molar refractivity (Wildman–Crippen MR) is 75.7 cm³/mol. The molecule has 4 nitrogen and oxygen atoms in total. The lowest BCUT2D eigenvalue weighted by atomic mass is 9.91. The Bertz CT molecular complexity index is 471. The van der Waals surface area contributed by atoms with Gasteiger partial charge in [0.15, 0.2) is 0 Å². The van der Waals surface area contributed by atoms with E-state index < -0.39 is 23.6 Å². The number of nitrogens with zero attached hydrogens (tertiary/aromatic N) is 1. The Morgan fingerprint density at radius 1 is 1.35 bits per heavy atom. The van der Waals surface area contributed by atoms with Crippen LogP contribution in [0.25, 0.3) is 0 Å². The van der Waals surface area contributed by atoms with E-state index in [1.54, 1.807) is 26.8 Å². The summed E-state index contributed by atoms with van der Waals surface area (Å²) in [5.41, 5.74) is 0.418. The third-order valence-corrected chi connectivity index (χ3v) is 2.77. The molecule has 0 aliphatic heterocycles. The second-order valence-corrected chi connectivity index (χ2v) is 5.81. The molecule has 0 saturated carbocycles. The SMILES string of the molecule is CC(C)(C)OC(=O)C[C@@H](Cc1ccccc1)C(O)C#N. The molecule has 4 heteroatoms. The number of hydrogen-bond donors (Lipinski definition) is 1. The average Bonchev–Trinajstić information content (AvgIpc) is 2.36. The molecule has 0 heterocycles. The summed E-state index contributed by atoms with van der Waals surface area (Å²) in [5, 5.41) is 18.6. The number of esters is 1. The lowest BCUT2D eigenvalue weighted by Crippen LogP contribution is -2.29. The second-order valence-electron chi connectivity index (χ2n) is 5.81. The number of rotatable bonds is 5. The van der Waals surface area contributed by atoms with Gasteiger partial charge in [0.05, 0.1) is 12.5 Å². The number of hydrogen-bond acceptors (Lipinski definition) is 4. The van der Waals surface area contributed by atoms with Crippen molar-refractivity contribution in [2.24, 2.45) is 5.92 Å². The summed E-state index contributed by atoms with van der Waals surface area (Å²) in [6.45, 7) is 5.37. The van der Waals surface area contributed by atoms with Gasteiger partial charge in [-0.3, -0.25) is 4.79 Å². The summed E-state index contributed by atoms with van der Waals surface area (Å²) in [5.74, 6) is -0.856. The molecule has 0 amide bonds. The van der Waals surface area contributed by atoms with Gasteiger partial charge in [-0.1, -0.05) is 30.3 Å². The van der Waals surface area contributed by atoms with Crippen molar-refractivity contribution in [2.75, 3.05) is 0 Å². The lowest BCUT2D eigenvalue weighted by Gasteiger charge is -2.23. The Labute approximate surface area is 120 Å². The maximum Gasteiger partial charge on any atom is 0.306 e. The van der Waals surface area contributed by atoms with Crippen molar-refractivity contribution in [3.63, 3.8) is 0 Å². The van der Waals surface area contributed by atoms with E-state index in [0.29, 0.717) is 6.42 Å². The van der Waals surface area contributed by atoms with E-state index in [2.05, 4.69) is 0 Å². The molecule has 0 aliphatic rings. The first kappa shape index (κ1) is 16.2. The molecule has 2 atom stereocenters. The minimum absolute atomic E-state index is 0.0287.